The lowest BCUT2D eigenvalue weighted by molar-refractivity contribution is -0.118. The van der Waals surface area contributed by atoms with E-state index in [2.05, 4.69) is 26.3 Å². The minimum absolute atomic E-state index is 0.221. The van der Waals surface area contributed by atoms with Gasteiger partial charge in [-0.2, -0.15) is 9.78 Å². The molecule has 6 rings (SSSR count). The summed E-state index contributed by atoms with van der Waals surface area (Å²) in [5.74, 6) is 1.66. The van der Waals surface area contributed by atoms with Crippen molar-refractivity contribution in [3.8, 4) is 28.8 Å². The average molecular weight is 668 g/mol. The number of furan rings is 1. The molecular weight excluding hydrogens is 640 g/mol. The molecule has 0 fully saturated rings. The smallest absolute Gasteiger partial charge is 0.282 e. The quantitative estimate of drug-likeness (QED) is 0.158. The van der Waals surface area contributed by atoms with E-state index in [0.717, 1.165) is 5.39 Å². The van der Waals surface area contributed by atoms with Crippen LogP contribution in [0.4, 0.5) is 5.69 Å². The van der Waals surface area contributed by atoms with E-state index in [1.807, 2.05) is 49.4 Å². The lowest BCUT2D eigenvalue weighted by Crippen LogP contribution is -2.20. The number of para-hydroxylation sites is 2. The summed E-state index contributed by atoms with van der Waals surface area (Å²) >= 11 is 3.56. The summed E-state index contributed by atoms with van der Waals surface area (Å²) in [6.07, 6.45) is 1.52. The minimum atomic E-state index is -0.371. The summed E-state index contributed by atoms with van der Waals surface area (Å²) in [5.41, 5.74) is 1.98. The standard InChI is InChI=1S/C34H27BrN4O6/c1-3-43-29-16-21(25(35)18-30(29)44-20-32(40)37-22-10-5-4-6-11-22)19-36-39-33(38-26-13-8-7-12-23(26)34(39)41)31-17-24-27(42-2)14-9-15-28(24)45-31/h4-19H,3,20H2,1-2H3,(H,37,40). The minimum Gasteiger partial charge on any atom is -0.496 e. The number of ether oxygens (including phenoxy) is 3. The Balaban J connectivity index is 1.35. The summed E-state index contributed by atoms with van der Waals surface area (Å²) in [5, 5.41) is 8.49. The molecule has 0 saturated heterocycles. The van der Waals surface area contributed by atoms with Crippen LogP contribution in [-0.4, -0.2) is 42.1 Å². The van der Waals surface area contributed by atoms with Crippen LogP contribution in [0.1, 0.15) is 12.5 Å². The highest BCUT2D eigenvalue weighted by molar-refractivity contribution is 9.10. The number of benzene rings is 4. The number of hydrogen-bond acceptors (Lipinski definition) is 8. The fraction of sp³-hybridized carbons (Fsp3) is 0.118. The summed E-state index contributed by atoms with van der Waals surface area (Å²) in [4.78, 5) is 30.9. The van der Waals surface area contributed by atoms with Crippen LogP contribution in [0.3, 0.4) is 0 Å². The Morgan fingerprint density at radius 2 is 1.73 bits per heavy atom. The molecule has 0 aliphatic heterocycles. The van der Waals surface area contributed by atoms with Crippen LogP contribution < -0.4 is 25.1 Å². The first kappa shape index (κ1) is 29.6. The van der Waals surface area contributed by atoms with Gasteiger partial charge < -0.3 is 23.9 Å². The fourth-order valence-electron chi connectivity index (χ4n) is 4.73. The van der Waals surface area contributed by atoms with Crippen LogP contribution in [0.15, 0.2) is 110 Å². The summed E-state index contributed by atoms with van der Waals surface area (Å²) in [6, 6.07) is 26.8. The second kappa shape index (κ2) is 13.1. The first-order valence-corrected chi connectivity index (χ1v) is 14.8. The SMILES string of the molecule is CCOc1cc(C=Nn2c(-c3cc4c(OC)cccc4o3)nc3ccccc3c2=O)c(Br)cc1OCC(=O)Nc1ccccc1. The number of rotatable bonds is 10. The van der Waals surface area contributed by atoms with Crippen molar-refractivity contribution in [2.75, 3.05) is 25.6 Å². The Hall–Kier alpha value is -5.42. The van der Waals surface area contributed by atoms with E-state index in [1.165, 1.54) is 10.9 Å². The van der Waals surface area contributed by atoms with Crippen molar-refractivity contribution in [3.05, 3.63) is 111 Å². The van der Waals surface area contributed by atoms with Crippen molar-refractivity contribution in [1.82, 2.24) is 9.66 Å². The van der Waals surface area contributed by atoms with Crippen molar-refractivity contribution < 1.29 is 23.4 Å². The second-order valence-electron chi connectivity index (χ2n) is 9.75. The Morgan fingerprint density at radius 3 is 2.53 bits per heavy atom. The van der Waals surface area contributed by atoms with Gasteiger partial charge in [0.15, 0.2) is 23.9 Å². The van der Waals surface area contributed by atoms with E-state index in [9.17, 15) is 9.59 Å². The van der Waals surface area contributed by atoms with E-state index < -0.39 is 0 Å². The number of anilines is 1. The summed E-state index contributed by atoms with van der Waals surface area (Å²) in [7, 11) is 1.58. The zero-order chi connectivity index (χ0) is 31.3. The van der Waals surface area contributed by atoms with Gasteiger partial charge in [0.2, 0.25) is 5.82 Å². The zero-order valence-electron chi connectivity index (χ0n) is 24.3. The van der Waals surface area contributed by atoms with Gasteiger partial charge >= 0.3 is 0 Å². The Morgan fingerprint density at radius 1 is 0.956 bits per heavy atom. The van der Waals surface area contributed by atoms with Crippen LogP contribution >= 0.6 is 15.9 Å². The third-order valence-corrected chi connectivity index (χ3v) is 7.49. The van der Waals surface area contributed by atoms with Crippen LogP contribution in [0, 0.1) is 0 Å². The molecule has 0 bridgehead atoms. The predicted molar refractivity (Wildman–Crippen MR) is 177 cm³/mol. The largest absolute Gasteiger partial charge is 0.496 e. The van der Waals surface area contributed by atoms with Gasteiger partial charge in [-0.1, -0.05) is 36.4 Å². The Bertz CT molecular complexity index is 2110. The molecule has 1 amide bonds. The average Bonchev–Trinajstić information content (AvgIpc) is 3.50. The number of amides is 1. The number of carbonyl (C=O) groups excluding carboxylic acids is 1. The van der Waals surface area contributed by atoms with Gasteiger partial charge in [-0.3, -0.25) is 9.59 Å². The number of halogens is 1. The van der Waals surface area contributed by atoms with E-state index in [-0.39, 0.29) is 23.9 Å². The lowest BCUT2D eigenvalue weighted by atomic mass is 10.2. The molecule has 2 aromatic heterocycles. The van der Waals surface area contributed by atoms with Gasteiger partial charge in [-0.15, -0.1) is 0 Å². The second-order valence-corrected chi connectivity index (χ2v) is 10.6. The van der Waals surface area contributed by atoms with Gasteiger partial charge in [0.1, 0.15) is 11.3 Å². The van der Waals surface area contributed by atoms with Crippen LogP contribution in [0.5, 0.6) is 17.2 Å². The fourth-order valence-corrected chi connectivity index (χ4v) is 5.15. The first-order chi connectivity index (χ1) is 21.9. The van der Waals surface area contributed by atoms with E-state index >= 15 is 0 Å². The molecule has 11 heteroatoms. The van der Waals surface area contributed by atoms with Crippen molar-refractivity contribution in [1.29, 1.82) is 0 Å². The highest BCUT2D eigenvalue weighted by Gasteiger charge is 2.18. The zero-order valence-corrected chi connectivity index (χ0v) is 25.9. The van der Waals surface area contributed by atoms with Crippen LogP contribution in [0.25, 0.3) is 33.5 Å². The van der Waals surface area contributed by atoms with Gasteiger partial charge in [-0.25, -0.2) is 4.98 Å². The molecule has 10 nitrogen and oxygen atoms in total. The van der Waals surface area contributed by atoms with Crippen LogP contribution in [-0.2, 0) is 4.79 Å². The number of nitrogens with zero attached hydrogens (tertiary/aromatic N) is 3. The molecule has 0 radical (unpaired) electrons. The number of aromatic nitrogens is 2. The van der Waals surface area contributed by atoms with Gasteiger partial charge in [0, 0.05) is 15.7 Å². The van der Waals surface area contributed by atoms with Gasteiger partial charge in [0.05, 0.1) is 36.2 Å². The van der Waals surface area contributed by atoms with Gasteiger partial charge in [-0.05, 0) is 77.5 Å². The predicted octanol–water partition coefficient (Wildman–Crippen LogP) is 6.88. The van der Waals surface area contributed by atoms with Crippen molar-refractivity contribution >= 4 is 55.6 Å². The topological polar surface area (TPSA) is 117 Å². The third kappa shape index (κ3) is 6.29. The maximum absolute atomic E-state index is 13.7. The molecule has 6 aromatic rings. The van der Waals surface area contributed by atoms with Gasteiger partial charge in [0.25, 0.3) is 11.5 Å². The molecule has 226 valence electrons. The molecule has 4 aromatic carbocycles. The van der Waals surface area contributed by atoms with E-state index in [4.69, 9.17) is 23.6 Å². The number of nitrogens with one attached hydrogen (secondary N) is 1. The Labute approximate surface area is 266 Å². The Kier molecular flexibility index (Phi) is 8.61. The molecule has 0 saturated carbocycles. The number of carbonyl (C=O) groups is 1. The van der Waals surface area contributed by atoms with Crippen molar-refractivity contribution in [3.63, 3.8) is 0 Å². The van der Waals surface area contributed by atoms with Crippen molar-refractivity contribution in [2.24, 2.45) is 5.10 Å². The highest BCUT2D eigenvalue weighted by atomic mass is 79.9. The molecule has 0 aliphatic carbocycles. The maximum Gasteiger partial charge on any atom is 0.282 e. The summed E-state index contributed by atoms with van der Waals surface area (Å²) < 4.78 is 25.0. The molecular formula is C34H27BrN4O6. The maximum atomic E-state index is 13.7. The number of methoxy groups -OCH3 is 1. The molecule has 1 N–H and O–H groups in total. The normalized spacial score (nSPS) is 11.3. The number of hydrogen-bond donors (Lipinski definition) is 1. The molecule has 0 atom stereocenters. The molecule has 0 spiro atoms. The highest BCUT2D eigenvalue weighted by Crippen LogP contribution is 2.35. The molecule has 0 aliphatic rings. The summed E-state index contributed by atoms with van der Waals surface area (Å²) in [6.45, 7) is 1.98. The van der Waals surface area contributed by atoms with Crippen LogP contribution in [0.2, 0.25) is 0 Å². The first-order valence-electron chi connectivity index (χ1n) is 14.0. The van der Waals surface area contributed by atoms with Crippen molar-refractivity contribution in [2.45, 2.75) is 6.92 Å². The molecule has 45 heavy (non-hydrogen) atoms. The van der Waals surface area contributed by atoms with E-state index in [0.29, 0.717) is 61.8 Å². The molecule has 0 unspecified atom stereocenters. The lowest BCUT2D eigenvalue weighted by Gasteiger charge is -2.14. The van der Waals surface area contributed by atoms with E-state index in [1.54, 1.807) is 55.6 Å². The monoisotopic (exact) mass is 666 g/mol. The third-order valence-electron chi connectivity index (χ3n) is 6.81. The molecule has 2 heterocycles. The number of fused-ring (bicyclic) bond motifs is 2.